The van der Waals surface area contributed by atoms with Gasteiger partial charge in [0.1, 0.15) is 0 Å². The summed E-state index contributed by atoms with van der Waals surface area (Å²) in [6.45, 7) is 7.95. The fourth-order valence-electron chi connectivity index (χ4n) is 0.671. The van der Waals surface area contributed by atoms with E-state index in [-0.39, 0.29) is 5.75 Å². The van der Waals surface area contributed by atoms with Gasteiger partial charge in [0.15, 0.2) is 0 Å². The second-order valence-corrected chi connectivity index (χ2v) is 6.23. The van der Waals surface area contributed by atoms with E-state index in [0.717, 1.165) is 10.6 Å². The first-order chi connectivity index (χ1) is 7.89. The van der Waals surface area contributed by atoms with Crippen molar-refractivity contribution in [2.24, 2.45) is 5.73 Å². The monoisotopic (exact) mass is 283 g/mol. The quantitative estimate of drug-likeness (QED) is 0.450. The van der Waals surface area contributed by atoms with E-state index in [2.05, 4.69) is 40.4 Å². The fourth-order valence-corrected chi connectivity index (χ4v) is 0.671. The molecule has 0 spiro atoms. The number of carbonyl (C=O) groups is 1. The largest absolute Gasteiger partial charge is 0.366 e. The summed E-state index contributed by atoms with van der Waals surface area (Å²) in [5.74, 6) is -0.683. The van der Waals surface area contributed by atoms with Crippen LogP contribution in [0.2, 0.25) is 0 Å². The number of nitrogens with zero attached hydrogens (tertiary/aromatic N) is 1. The van der Waals surface area contributed by atoms with Gasteiger partial charge >= 0.3 is 0 Å². The normalized spacial score (nSPS) is 10.3. The van der Waals surface area contributed by atoms with Crippen LogP contribution < -0.4 is 5.73 Å². The first kappa shape index (κ1) is 22.3. The molecular weight excluding hydrogens is 256 g/mol. The van der Waals surface area contributed by atoms with E-state index in [4.69, 9.17) is 4.55 Å². The van der Waals surface area contributed by atoms with Crippen molar-refractivity contribution in [3.05, 3.63) is 12.7 Å². The Kier molecular flexibility index (Phi) is 13.8. The zero-order valence-electron chi connectivity index (χ0n) is 12.0. The minimum atomic E-state index is -3.66. The lowest BCUT2D eigenvalue weighted by atomic mass is 10.4. The summed E-state index contributed by atoms with van der Waals surface area (Å²) < 4.78 is 28.0. The van der Waals surface area contributed by atoms with Crippen molar-refractivity contribution >= 4 is 16.0 Å². The molecule has 0 unspecified atom stereocenters. The highest BCUT2D eigenvalue weighted by Gasteiger charge is 2.01. The predicted octanol–water partition coefficient (Wildman–Crippen LogP) is 0.654. The lowest BCUT2D eigenvalue weighted by molar-refractivity contribution is -0.870. The van der Waals surface area contributed by atoms with E-state index < -0.39 is 16.0 Å². The molecule has 0 saturated carbocycles. The lowest BCUT2D eigenvalue weighted by Crippen LogP contribution is -2.34. The van der Waals surface area contributed by atoms with Crippen LogP contribution in [-0.4, -0.2) is 56.8 Å². The number of rotatable bonds is 4. The van der Waals surface area contributed by atoms with Crippen molar-refractivity contribution in [1.82, 2.24) is 0 Å². The average molecular weight is 283 g/mol. The van der Waals surface area contributed by atoms with Gasteiger partial charge in [0, 0.05) is 0 Å². The second-order valence-electron chi connectivity index (χ2n) is 4.49. The summed E-state index contributed by atoms with van der Waals surface area (Å²) in [5, 5.41) is 0. The lowest BCUT2D eigenvalue weighted by Gasteiger charge is -2.22. The second kappa shape index (κ2) is 11.2. The van der Waals surface area contributed by atoms with Gasteiger partial charge in [0.25, 0.3) is 10.1 Å². The van der Waals surface area contributed by atoms with Crippen molar-refractivity contribution in [2.75, 3.05) is 33.4 Å². The number of hydrogen-bond acceptors (Lipinski definition) is 3. The molecule has 0 aromatic rings. The number of quaternary nitrogens is 1. The SMILES string of the molecule is C=CC(N)=O.CCC[N+](C)(C)C.CCS(=O)(=O)O. The number of nitrogens with two attached hydrogens (primary N) is 1. The molecule has 1 amide bonds. The van der Waals surface area contributed by atoms with Gasteiger partial charge in [-0.05, 0) is 19.4 Å². The standard InChI is InChI=1S/C6H16N.C3H5NO.C2H6O3S/c1-5-6-7(2,3)4;1-2-3(4)5;1-2-6(3,4)5/h5-6H2,1-4H3;2H,1H2,(H2,4,5);2H2,1H3,(H,3,4,5)/q+1;;. The fraction of sp³-hybridized carbons (Fsp3) is 0.727. The van der Waals surface area contributed by atoms with Crippen LogP contribution >= 0.6 is 0 Å². The van der Waals surface area contributed by atoms with Crippen molar-refractivity contribution in [3.63, 3.8) is 0 Å². The Bertz CT molecular complexity index is 318. The molecule has 110 valence electrons. The molecule has 0 radical (unpaired) electrons. The van der Waals surface area contributed by atoms with Gasteiger partial charge in [0.05, 0.1) is 33.4 Å². The van der Waals surface area contributed by atoms with Gasteiger partial charge in [-0.15, -0.1) is 0 Å². The van der Waals surface area contributed by atoms with Crippen molar-refractivity contribution in [1.29, 1.82) is 0 Å². The number of hydrogen-bond donors (Lipinski definition) is 2. The maximum absolute atomic E-state index is 9.56. The summed E-state index contributed by atoms with van der Waals surface area (Å²) >= 11 is 0. The van der Waals surface area contributed by atoms with Crippen LogP contribution in [0.4, 0.5) is 0 Å². The van der Waals surface area contributed by atoms with Crippen LogP contribution in [0.15, 0.2) is 12.7 Å². The van der Waals surface area contributed by atoms with Crippen molar-refractivity contribution in [3.8, 4) is 0 Å². The highest BCUT2D eigenvalue weighted by Crippen LogP contribution is 1.90. The van der Waals surface area contributed by atoms with E-state index in [0.29, 0.717) is 0 Å². The van der Waals surface area contributed by atoms with Crippen molar-refractivity contribution < 1.29 is 22.2 Å². The van der Waals surface area contributed by atoms with Gasteiger partial charge in [-0.2, -0.15) is 8.42 Å². The Labute approximate surface area is 111 Å². The van der Waals surface area contributed by atoms with Gasteiger partial charge in [-0.25, -0.2) is 0 Å². The first-order valence-electron chi connectivity index (χ1n) is 5.57. The Balaban J connectivity index is -0.000000190. The molecular formula is C11H27N2O4S+. The molecule has 0 aromatic carbocycles. The molecule has 3 N–H and O–H groups in total. The molecule has 6 nitrogen and oxygen atoms in total. The molecule has 0 rings (SSSR count). The van der Waals surface area contributed by atoms with Crippen LogP contribution in [0.3, 0.4) is 0 Å². The molecule has 7 heteroatoms. The zero-order valence-corrected chi connectivity index (χ0v) is 12.8. The molecule has 0 aliphatic heterocycles. The van der Waals surface area contributed by atoms with E-state index in [1.807, 2.05) is 0 Å². The highest BCUT2D eigenvalue weighted by atomic mass is 32.2. The summed E-state index contributed by atoms with van der Waals surface area (Å²) in [5.41, 5.74) is 4.53. The third kappa shape index (κ3) is 45.8. The van der Waals surface area contributed by atoms with Gasteiger partial charge in [-0.3, -0.25) is 9.35 Å². The molecule has 0 aliphatic rings. The summed E-state index contributed by atoms with van der Waals surface area (Å²) in [6.07, 6.45) is 2.34. The summed E-state index contributed by atoms with van der Waals surface area (Å²) in [4.78, 5) is 9.47. The van der Waals surface area contributed by atoms with Crippen LogP contribution in [-0.2, 0) is 14.9 Å². The summed E-state index contributed by atoms with van der Waals surface area (Å²) in [6, 6.07) is 0. The summed E-state index contributed by atoms with van der Waals surface area (Å²) in [7, 11) is 2.97. The number of carbonyl (C=O) groups excluding carboxylic acids is 1. The van der Waals surface area contributed by atoms with E-state index in [9.17, 15) is 13.2 Å². The third-order valence-electron chi connectivity index (χ3n) is 1.46. The molecule has 0 aliphatic carbocycles. The number of amides is 1. The number of primary amides is 1. The van der Waals surface area contributed by atoms with Crippen LogP contribution in [0.5, 0.6) is 0 Å². The maximum atomic E-state index is 9.56. The smallest absolute Gasteiger partial charge is 0.264 e. The molecule has 0 bridgehead atoms. The first-order valence-corrected chi connectivity index (χ1v) is 7.18. The topological polar surface area (TPSA) is 97.5 Å². The molecule has 0 atom stereocenters. The van der Waals surface area contributed by atoms with Gasteiger partial charge < -0.3 is 10.2 Å². The van der Waals surface area contributed by atoms with Crippen molar-refractivity contribution in [2.45, 2.75) is 20.3 Å². The third-order valence-corrected chi connectivity index (χ3v) is 2.19. The minimum Gasteiger partial charge on any atom is -0.366 e. The predicted molar refractivity (Wildman–Crippen MR) is 74.7 cm³/mol. The highest BCUT2D eigenvalue weighted by molar-refractivity contribution is 7.85. The van der Waals surface area contributed by atoms with E-state index >= 15 is 0 Å². The van der Waals surface area contributed by atoms with Crippen LogP contribution in [0.1, 0.15) is 20.3 Å². The Morgan fingerprint density at radius 2 is 1.61 bits per heavy atom. The van der Waals surface area contributed by atoms with Gasteiger partial charge in [-0.1, -0.05) is 13.5 Å². The van der Waals surface area contributed by atoms with Crippen LogP contribution in [0, 0.1) is 0 Å². The molecule has 0 heterocycles. The Hall–Kier alpha value is -0.920. The van der Waals surface area contributed by atoms with Crippen LogP contribution in [0.25, 0.3) is 0 Å². The molecule has 0 aromatic heterocycles. The van der Waals surface area contributed by atoms with Gasteiger partial charge in [0.2, 0.25) is 5.91 Å². The van der Waals surface area contributed by atoms with E-state index in [1.165, 1.54) is 19.9 Å². The average Bonchev–Trinajstić information content (AvgIpc) is 2.16. The molecule has 0 fully saturated rings. The molecule has 0 saturated heterocycles. The molecule has 18 heavy (non-hydrogen) atoms. The van der Waals surface area contributed by atoms with E-state index in [1.54, 1.807) is 0 Å². The Morgan fingerprint density at radius 1 is 1.33 bits per heavy atom. The Morgan fingerprint density at radius 3 is 1.61 bits per heavy atom. The minimum absolute atomic E-state index is 0.201. The zero-order chi connectivity index (χ0) is 15.4. The maximum Gasteiger partial charge on any atom is 0.264 e.